The molecular formula is C24H30ClN3. The molecule has 1 aliphatic rings. The second-order valence-corrected chi connectivity index (χ2v) is 8.65. The number of benzene rings is 1. The Morgan fingerprint density at radius 2 is 1.89 bits per heavy atom. The fourth-order valence-corrected chi connectivity index (χ4v) is 4.83. The molecule has 1 saturated carbocycles. The summed E-state index contributed by atoms with van der Waals surface area (Å²) in [6.45, 7) is 1.93. The molecule has 2 heterocycles. The molecule has 0 radical (unpaired) electrons. The van der Waals surface area contributed by atoms with Gasteiger partial charge in [-0.15, -0.1) is 0 Å². The highest BCUT2D eigenvalue weighted by molar-refractivity contribution is 6.34. The molecule has 0 spiro atoms. The molecule has 0 aliphatic heterocycles. The third-order valence-electron chi connectivity index (χ3n) is 6.13. The molecular weight excluding hydrogens is 366 g/mol. The molecule has 1 aliphatic carbocycles. The van der Waals surface area contributed by atoms with E-state index in [1.54, 1.807) is 6.20 Å². The van der Waals surface area contributed by atoms with Crippen LogP contribution < -0.4 is 0 Å². The summed E-state index contributed by atoms with van der Waals surface area (Å²) in [7, 11) is 2.20. The van der Waals surface area contributed by atoms with Crippen LogP contribution in [0.4, 0.5) is 0 Å². The number of nitrogens with zero attached hydrogens (tertiary/aromatic N) is 2. The Morgan fingerprint density at radius 3 is 2.68 bits per heavy atom. The van der Waals surface area contributed by atoms with Gasteiger partial charge in [0, 0.05) is 30.4 Å². The summed E-state index contributed by atoms with van der Waals surface area (Å²) < 4.78 is 0. The van der Waals surface area contributed by atoms with E-state index in [1.165, 1.54) is 48.9 Å². The molecule has 0 saturated heterocycles. The number of pyridine rings is 1. The minimum atomic E-state index is 0.620. The van der Waals surface area contributed by atoms with Crippen LogP contribution in [-0.2, 0) is 19.4 Å². The standard InChI is InChI=1S/C24H30ClN3/c1-28(15-13-18-8-4-2-5-9-18)17-20-22(16-19-10-6-3-7-11-19)27-21-12-14-26-24(25)23(20)21/h2,4-5,8-9,12,14,19,27H,3,6-7,10-11,13,15-17H2,1H3. The van der Waals surface area contributed by atoms with Gasteiger partial charge >= 0.3 is 0 Å². The lowest BCUT2D eigenvalue weighted by molar-refractivity contribution is 0.326. The number of aromatic nitrogens is 2. The van der Waals surface area contributed by atoms with Gasteiger partial charge in [0.2, 0.25) is 0 Å². The van der Waals surface area contributed by atoms with Crippen molar-refractivity contribution in [3.8, 4) is 0 Å². The Morgan fingerprint density at radius 1 is 1.11 bits per heavy atom. The average molecular weight is 396 g/mol. The maximum absolute atomic E-state index is 6.53. The van der Waals surface area contributed by atoms with Crippen molar-refractivity contribution in [2.24, 2.45) is 5.92 Å². The largest absolute Gasteiger partial charge is 0.358 e. The van der Waals surface area contributed by atoms with Gasteiger partial charge in [0.25, 0.3) is 0 Å². The first kappa shape index (κ1) is 19.5. The van der Waals surface area contributed by atoms with Gasteiger partial charge < -0.3 is 9.88 Å². The minimum Gasteiger partial charge on any atom is -0.358 e. The van der Waals surface area contributed by atoms with Gasteiger partial charge in [0.15, 0.2) is 0 Å². The molecule has 148 valence electrons. The predicted octanol–water partition coefficient (Wildman–Crippen LogP) is 6.01. The molecule has 3 nitrogen and oxygen atoms in total. The minimum absolute atomic E-state index is 0.620. The third kappa shape index (κ3) is 4.59. The van der Waals surface area contributed by atoms with Gasteiger partial charge in [-0.05, 0) is 43.0 Å². The molecule has 4 rings (SSSR count). The summed E-state index contributed by atoms with van der Waals surface area (Å²) in [6, 6.07) is 12.8. The van der Waals surface area contributed by atoms with Crippen molar-refractivity contribution in [2.45, 2.75) is 51.5 Å². The van der Waals surface area contributed by atoms with E-state index in [9.17, 15) is 0 Å². The number of H-pyrrole nitrogens is 1. The van der Waals surface area contributed by atoms with Crippen molar-refractivity contribution in [1.29, 1.82) is 0 Å². The van der Waals surface area contributed by atoms with E-state index < -0.39 is 0 Å². The van der Waals surface area contributed by atoms with Crippen LogP contribution in [0.25, 0.3) is 10.9 Å². The lowest BCUT2D eigenvalue weighted by Gasteiger charge is -2.23. The van der Waals surface area contributed by atoms with Gasteiger partial charge in [-0.2, -0.15) is 0 Å². The van der Waals surface area contributed by atoms with Crippen molar-refractivity contribution in [2.75, 3.05) is 13.6 Å². The predicted molar refractivity (Wildman–Crippen MR) is 118 cm³/mol. The molecule has 2 aromatic heterocycles. The van der Waals surface area contributed by atoms with Crippen molar-refractivity contribution in [3.63, 3.8) is 0 Å². The first-order valence-corrected chi connectivity index (χ1v) is 10.9. The Hall–Kier alpha value is -1.84. The van der Waals surface area contributed by atoms with Gasteiger partial charge in [0.05, 0.1) is 5.52 Å². The normalized spacial score (nSPS) is 15.5. The van der Waals surface area contributed by atoms with Crippen LogP contribution in [-0.4, -0.2) is 28.5 Å². The molecule has 0 atom stereocenters. The van der Waals surface area contributed by atoms with Crippen LogP contribution >= 0.6 is 11.6 Å². The van der Waals surface area contributed by atoms with Gasteiger partial charge in [0.1, 0.15) is 5.15 Å². The van der Waals surface area contributed by atoms with E-state index in [1.807, 2.05) is 0 Å². The van der Waals surface area contributed by atoms with E-state index in [4.69, 9.17) is 11.6 Å². The zero-order valence-electron chi connectivity index (χ0n) is 16.8. The summed E-state index contributed by atoms with van der Waals surface area (Å²) in [5.41, 5.74) is 5.21. The molecule has 28 heavy (non-hydrogen) atoms. The Kier molecular flexibility index (Phi) is 6.33. The van der Waals surface area contributed by atoms with Gasteiger partial charge in [-0.1, -0.05) is 74.0 Å². The van der Waals surface area contributed by atoms with E-state index in [2.05, 4.69) is 58.3 Å². The van der Waals surface area contributed by atoms with Crippen LogP contribution in [0.5, 0.6) is 0 Å². The van der Waals surface area contributed by atoms with Gasteiger partial charge in [-0.3, -0.25) is 0 Å². The Labute approximate surface area is 173 Å². The number of fused-ring (bicyclic) bond motifs is 1. The number of hydrogen-bond donors (Lipinski definition) is 1. The maximum atomic E-state index is 6.53. The van der Waals surface area contributed by atoms with E-state index in [0.717, 1.165) is 42.8 Å². The zero-order chi connectivity index (χ0) is 19.3. The van der Waals surface area contributed by atoms with E-state index in [-0.39, 0.29) is 0 Å². The van der Waals surface area contributed by atoms with Crippen molar-refractivity contribution >= 4 is 22.5 Å². The molecule has 1 fully saturated rings. The molecule has 1 N–H and O–H groups in total. The highest BCUT2D eigenvalue weighted by atomic mass is 35.5. The van der Waals surface area contributed by atoms with E-state index in [0.29, 0.717) is 5.15 Å². The summed E-state index contributed by atoms with van der Waals surface area (Å²) in [5.74, 6) is 0.793. The smallest absolute Gasteiger partial charge is 0.138 e. The number of rotatable bonds is 7. The van der Waals surface area contributed by atoms with Crippen LogP contribution in [0.15, 0.2) is 42.6 Å². The topological polar surface area (TPSA) is 31.9 Å². The zero-order valence-corrected chi connectivity index (χ0v) is 17.5. The summed E-state index contributed by atoms with van der Waals surface area (Å²) >= 11 is 6.53. The second-order valence-electron chi connectivity index (χ2n) is 8.29. The molecule has 3 aromatic rings. The van der Waals surface area contributed by atoms with Crippen LogP contribution in [0.1, 0.15) is 48.9 Å². The molecule has 0 amide bonds. The number of likely N-dealkylation sites (N-methyl/N-ethyl adjacent to an activating group) is 1. The quantitative estimate of drug-likeness (QED) is 0.496. The summed E-state index contributed by atoms with van der Waals surface area (Å²) in [4.78, 5) is 10.4. The van der Waals surface area contributed by atoms with E-state index >= 15 is 0 Å². The monoisotopic (exact) mass is 395 g/mol. The Bertz CT molecular complexity index is 897. The SMILES string of the molecule is CN(CCc1ccccc1)Cc1c(CC2CCCCC2)[nH]c2ccnc(Cl)c12. The van der Waals surface area contributed by atoms with Gasteiger partial charge in [-0.25, -0.2) is 4.98 Å². The first-order chi connectivity index (χ1) is 13.7. The average Bonchev–Trinajstić information content (AvgIpc) is 3.06. The third-order valence-corrected chi connectivity index (χ3v) is 6.41. The number of hydrogen-bond acceptors (Lipinski definition) is 2. The fourth-order valence-electron chi connectivity index (χ4n) is 4.56. The number of aromatic amines is 1. The molecule has 4 heteroatoms. The maximum Gasteiger partial charge on any atom is 0.138 e. The first-order valence-electron chi connectivity index (χ1n) is 10.6. The summed E-state index contributed by atoms with van der Waals surface area (Å²) in [6.07, 6.45) is 10.8. The van der Waals surface area contributed by atoms with Crippen molar-refractivity contribution < 1.29 is 0 Å². The molecule has 1 aromatic carbocycles. The second kappa shape index (κ2) is 9.11. The van der Waals surface area contributed by atoms with Crippen LogP contribution in [0.2, 0.25) is 5.15 Å². The lowest BCUT2D eigenvalue weighted by atomic mass is 9.85. The molecule has 0 bridgehead atoms. The number of nitrogens with one attached hydrogen (secondary N) is 1. The van der Waals surface area contributed by atoms with Crippen LogP contribution in [0.3, 0.4) is 0 Å². The molecule has 0 unspecified atom stereocenters. The lowest BCUT2D eigenvalue weighted by Crippen LogP contribution is -2.22. The van der Waals surface area contributed by atoms with Crippen molar-refractivity contribution in [3.05, 3.63) is 64.6 Å². The highest BCUT2D eigenvalue weighted by Gasteiger charge is 2.21. The summed E-state index contributed by atoms with van der Waals surface area (Å²) in [5, 5.41) is 1.73. The van der Waals surface area contributed by atoms with Crippen molar-refractivity contribution in [1.82, 2.24) is 14.9 Å². The fraction of sp³-hybridized carbons (Fsp3) is 0.458. The Balaban J connectivity index is 1.54. The number of halogens is 1. The van der Waals surface area contributed by atoms with Crippen LogP contribution in [0, 0.1) is 5.92 Å². The highest BCUT2D eigenvalue weighted by Crippen LogP contribution is 2.33.